The van der Waals surface area contributed by atoms with Gasteiger partial charge < -0.3 is 5.32 Å². The van der Waals surface area contributed by atoms with Gasteiger partial charge in [-0.05, 0) is 40.1 Å². The van der Waals surface area contributed by atoms with Gasteiger partial charge in [-0.3, -0.25) is 4.79 Å². The molecule has 1 heterocycles. The van der Waals surface area contributed by atoms with Crippen LogP contribution in [0.1, 0.15) is 22.7 Å². The van der Waals surface area contributed by atoms with E-state index in [0.29, 0.717) is 18.4 Å². The first kappa shape index (κ1) is 19.5. The van der Waals surface area contributed by atoms with Gasteiger partial charge in [-0.25, -0.2) is 4.68 Å². The number of aromatic nitrogens is 4. The first-order chi connectivity index (χ1) is 13.4. The van der Waals surface area contributed by atoms with Crippen LogP contribution in [0.2, 0.25) is 0 Å². The molecule has 3 rings (SSSR count). The predicted molar refractivity (Wildman–Crippen MR) is 95.2 cm³/mol. The summed E-state index contributed by atoms with van der Waals surface area (Å²) in [6.45, 7) is 0.289. The van der Waals surface area contributed by atoms with Crippen LogP contribution in [0.4, 0.5) is 13.2 Å². The number of hydrogen-bond acceptors (Lipinski definition) is 4. The highest BCUT2D eigenvalue weighted by atomic mass is 19.4. The summed E-state index contributed by atoms with van der Waals surface area (Å²) in [5.41, 5.74) is 0.970. The molecule has 28 heavy (non-hydrogen) atoms. The molecule has 146 valence electrons. The van der Waals surface area contributed by atoms with Crippen LogP contribution in [0.25, 0.3) is 0 Å². The standard InChI is InChI=1S/C19H18F3N5O/c20-19(21,22)16-8-6-14(7-9-16)10-11-23-18(28)17(27-13-24-25-26-27)12-15-4-2-1-3-5-15/h1-9,13,17H,10-12H2,(H,23,28). The summed E-state index contributed by atoms with van der Waals surface area (Å²) in [5.74, 6) is -0.261. The highest BCUT2D eigenvalue weighted by Crippen LogP contribution is 2.29. The van der Waals surface area contributed by atoms with E-state index in [1.807, 2.05) is 30.3 Å². The molecule has 1 aromatic heterocycles. The average Bonchev–Trinajstić information content (AvgIpc) is 3.21. The minimum Gasteiger partial charge on any atom is -0.354 e. The number of halogens is 3. The van der Waals surface area contributed by atoms with Crippen molar-refractivity contribution in [2.75, 3.05) is 6.54 Å². The number of tetrazole rings is 1. The molecule has 6 nitrogen and oxygen atoms in total. The van der Waals surface area contributed by atoms with Gasteiger partial charge in [0.2, 0.25) is 5.91 Å². The van der Waals surface area contributed by atoms with E-state index in [0.717, 1.165) is 17.7 Å². The maximum absolute atomic E-state index is 12.6. The monoisotopic (exact) mass is 389 g/mol. The maximum atomic E-state index is 12.6. The van der Waals surface area contributed by atoms with Crippen molar-refractivity contribution in [1.29, 1.82) is 0 Å². The molecule has 0 bridgehead atoms. The number of amides is 1. The molecule has 0 aliphatic heterocycles. The third kappa shape index (κ3) is 5.15. The van der Waals surface area contributed by atoms with E-state index >= 15 is 0 Å². The summed E-state index contributed by atoms with van der Waals surface area (Å²) in [4.78, 5) is 12.6. The third-order valence-electron chi connectivity index (χ3n) is 4.25. The van der Waals surface area contributed by atoms with E-state index in [1.165, 1.54) is 23.1 Å². The van der Waals surface area contributed by atoms with Crippen LogP contribution in [0.15, 0.2) is 60.9 Å². The Bertz CT molecular complexity index is 880. The van der Waals surface area contributed by atoms with Crippen LogP contribution in [0.3, 0.4) is 0 Å². The van der Waals surface area contributed by atoms with E-state index in [9.17, 15) is 18.0 Å². The first-order valence-corrected chi connectivity index (χ1v) is 8.64. The molecule has 0 spiro atoms. The van der Waals surface area contributed by atoms with Gasteiger partial charge >= 0.3 is 6.18 Å². The van der Waals surface area contributed by atoms with E-state index in [1.54, 1.807) is 0 Å². The van der Waals surface area contributed by atoms with Crippen molar-refractivity contribution in [1.82, 2.24) is 25.5 Å². The van der Waals surface area contributed by atoms with Crippen LogP contribution < -0.4 is 5.32 Å². The van der Waals surface area contributed by atoms with Gasteiger partial charge in [-0.15, -0.1) is 5.10 Å². The molecule has 9 heteroatoms. The topological polar surface area (TPSA) is 72.7 Å². The van der Waals surface area contributed by atoms with E-state index in [4.69, 9.17) is 0 Å². The summed E-state index contributed by atoms with van der Waals surface area (Å²) in [6, 6.07) is 13.8. The number of rotatable bonds is 7. The Labute approximate surface area is 159 Å². The second kappa shape index (κ2) is 8.64. The lowest BCUT2D eigenvalue weighted by Crippen LogP contribution is -2.35. The Kier molecular flexibility index (Phi) is 6.03. The van der Waals surface area contributed by atoms with Gasteiger partial charge in [0.25, 0.3) is 0 Å². The van der Waals surface area contributed by atoms with Crippen LogP contribution in [0, 0.1) is 0 Å². The van der Waals surface area contributed by atoms with Crippen LogP contribution >= 0.6 is 0 Å². The van der Waals surface area contributed by atoms with Gasteiger partial charge in [0, 0.05) is 13.0 Å². The van der Waals surface area contributed by atoms with Gasteiger partial charge in [-0.1, -0.05) is 42.5 Å². The Morgan fingerprint density at radius 3 is 2.36 bits per heavy atom. The lowest BCUT2D eigenvalue weighted by atomic mass is 10.1. The number of nitrogens with zero attached hydrogens (tertiary/aromatic N) is 4. The Balaban J connectivity index is 1.59. The highest BCUT2D eigenvalue weighted by molar-refractivity contribution is 5.80. The molecular weight excluding hydrogens is 371 g/mol. The molecule has 1 amide bonds. The van der Waals surface area contributed by atoms with Crippen molar-refractivity contribution < 1.29 is 18.0 Å². The van der Waals surface area contributed by atoms with Gasteiger partial charge in [-0.2, -0.15) is 13.2 Å². The maximum Gasteiger partial charge on any atom is 0.416 e. The third-order valence-corrected chi connectivity index (χ3v) is 4.25. The molecule has 0 radical (unpaired) electrons. The fourth-order valence-corrected chi connectivity index (χ4v) is 2.76. The smallest absolute Gasteiger partial charge is 0.354 e. The molecule has 0 aliphatic carbocycles. The zero-order valence-electron chi connectivity index (χ0n) is 14.8. The largest absolute Gasteiger partial charge is 0.416 e. The van der Waals surface area contributed by atoms with Crippen molar-refractivity contribution in [3.63, 3.8) is 0 Å². The van der Waals surface area contributed by atoms with Gasteiger partial charge in [0.15, 0.2) is 0 Å². The van der Waals surface area contributed by atoms with Crippen molar-refractivity contribution in [2.24, 2.45) is 0 Å². The summed E-state index contributed by atoms with van der Waals surface area (Å²) in [7, 11) is 0. The Morgan fingerprint density at radius 2 is 1.75 bits per heavy atom. The minimum absolute atomic E-state index is 0.261. The van der Waals surface area contributed by atoms with Crippen molar-refractivity contribution in [3.05, 3.63) is 77.6 Å². The lowest BCUT2D eigenvalue weighted by molar-refractivity contribution is -0.137. The number of nitrogens with one attached hydrogen (secondary N) is 1. The van der Waals surface area contributed by atoms with Crippen LogP contribution in [-0.2, 0) is 23.8 Å². The molecule has 1 unspecified atom stereocenters. The summed E-state index contributed by atoms with van der Waals surface area (Å²) < 4.78 is 39.2. The Hall–Kier alpha value is -3.23. The first-order valence-electron chi connectivity index (χ1n) is 8.64. The molecule has 0 fully saturated rings. The van der Waals surface area contributed by atoms with Gasteiger partial charge in [0.05, 0.1) is 5.56 Å². The predicted octanol–water partition coefficient (Wildman–Crippen LogP) is 2.83. The van der Waals surface area contributed by atoms with Crippen LogP contribution in [0.5, 0.6) is 0 Å². The molecule has 2 aromatic carbocycles. The summed E-state index contributed by atoms with van der Waals surface area (Å²) >= 11 is 0. The van der Waals surface area contributed by atoms with Crippen molar-refractivity contribution in [3.8, 4) is 0 Å². The SMILES string of the molecule is O=C(NCCc1ccc(C(F)(F)F)cc1)C(Cc1ccccc1)n1cnnn1. The van der Waals surface area contributed by atoms with Gasteiger partial charge in [0.1, 0.15) is 12.4 Å². The normalized spacial score (nSPS) is 12.5. The van der Waals surface area contributed by atoms with Crippen molar-refractivity contribution >= 4 is 5.91 Å². The molecule has 0 aliphatic rings. The zero-order chi connectivity index (χ0) is 20.0. The molecule has 0 saturated heterocycles. The van der Waals surface area contributed by atoms with E-state index in [-0.39, 0.29) is 12.5 Å². The van der Waals surface area contributed by atoms with Crippen molar-refractivity contribution in [2.45, 2.75) is 25.1 Å². The number of carbonyl (C=O) groups is 1. The van der Waals surface area contributed by atoms with E-state index < -0.39 is 17.8 Å². The number of alkyl halides is 3. The molecular formula is C19H18F3N5O. The highest BCUT2D eigenvalue weighted by Gasteiger charge is 2.29. The average molecular weight is 389 g/mol. The zero-order valence-corrected chi connectivity index (χ0v) is 14.8. The van der Waals surface area contributed by atoms with Crippen LogP contribution in [-0.4, -0.2) is 32.7 Å². The molecule has 1 N–H and O–H groups in total. The summed E-state index contributed by atoms with van der Waals surface area (Å²) in [6.07, 6.45) is -2.15. The molecule has 1 atom stereocenters. The fourth-order valence-electron chi connectivity index (χ4n) is 2.76. The number of benzene rings is 2. The number of hydrogen-bond donors (Lipinski definition) is 1. The lowest BCUT2D eigenvalue weighted by Gasteiger charge is -2.16. The molecule has 3 aromatic rings. The molecule has 0 saturated carbocycles. The fraction of sp³-hybridized carbons (Fsp3) is 0.263. The summed E-state index contributed by atoms with van der Waals surface area (Å²) in [5, 5.41) is 13.8. The van der Waals surface area contributed by atoms with E-state index in [2.05, 4.69) is 20.8 Å². The second-order valence-electron chi connectivity index (χ2n) is 6.23. The minimum atomic E-state index is -4.36. The quantitative estimate of drug-likeness (QED) is 0.675. The number of carbonyl (C=O) groups excluding carboxylic acids is 1. The Morgan fingerprint density at radius 1 is 1.04 bits per heavy atom. The second-order valence-corrected chi connectivity index (χ2v) is 6.23.